The lowest BCUT2D eigenvalue weighted by Gasteiger charge is -2.57. The highest BCUT2D eigenvalue weighted by Gasteiger charge is 2.57. The molecule has 0 unspecified atom stereocenters. The number of allylic oxidation sites excluding steroid dienone is 4. The van der Waals surface area contributed by atoms with Gasteiger partial charge in [0.15, 0.2) is 5.78 Å². The van der Waals surface area contributed by atoms with E-state index in [1.54, 1.807) is 0 Å². The van der Waals surface area contributed by atoms with E-state index >= 15 is 0 Å². The minimum atomic E-state index is 0.168. The van der Waals surface area contributed by atoms with Crippen molar-refractivity contribution in [3.63, 3.8) is 0 Å². The Morgan fingerprint density at radius 3 is 2.74 bits per heavy atom. The molecular weight excluding hydrogens is 280 g/mol. The third-order valence-electron chi connectivity index (χ3n) is 8.39. The average molecular weight is 312 g/mol. The van der Waals surface area contributed by atoms with Gasteiger partial charge in [0.25, 0.3) is 0 Å². The molecule has 0 aliphatic heterocycles. The van der Waals surface area contributed by atoms with E-state index in [-0.39, 0.29) is 11.2 Å². The van der Waals surface area contributed by atoms with Crippen molar-refractivity contribution in [3.8, 4) is 0 Å². The average Bonchev–Trinajstić information content (AvgIpc) is 2.85. The lowest BCUT2D eigenvalue weighted by molar-refractivity contribution is -0.111. The van der Waals surface area contributed by atoms with Crippen molar-refractivity contribution >= 4 is 5.78 Å². The molecule has 4 aliphatic rings. The van der Waals surface area contributed by atoms with Crippen LogP contribution in [-0.4, -0.2) is 5.78 Å². The standard InChI is InChI=1S/C22H32O/c1-4-5-15-7-9-19-18-8-6-16-14-17(23)10-12-22(16,3)20(18)11-13-21(15,19)2/h10,12,14-15,18-20H,4-9,11,13H2,1-3H3/t15-,18-,19-,20-,21+,22-/m0/s1. The Hall–Kier alpha value is -0.850. The number of hydrogen-bond donors (Lipinski definition) is 0. The lowest BCUT2D eigenvalue weighted by Crippen LogP contribution is -2.49. The predicted octanol–water partition coefficient (Wildman–Crippen LogP) is 5.71. The molecule has 0 radical (unpaired) electrons. The predicted molar refractivity (Wildman–Crippen MR) is 95.0 cm³/mol. The van der Waals surface area contributed by atoms with Crippen LogP contribution in [0.1, 0.15) is 72.1 Å². The second-order valence-corrected chi connectivity index (χ2v) is 9.21. The van der Waals surface area contributed by atoms with Crippen molar-refractivity contribution in [2.75, 3.05) is 0 Å². The molecular formula is C22H32O. The van der Waals surface area contributed by atoms with Gasteiger partial charge in [-0.05, 0) is 79.8 Å². The summed E-state index contributed by atoms with van der Waals surface area (Å²) in [6.07, 6.45) is 17.0. The van der Waals surface area contributed by atoms with Gasteiger partial charge in [0, 0.05) is 5.41 Å². The van der Waals surface area contributed by atoms with E-state index in [4.69, 9.17) is 0 Å². The summed E-state index contributed by atoms with van der Waals surface area (Å²) >= 11 is 0. The Morgan fingerprint density at radius 2 is 1.96 bits per heavy atom. The molecule has 23 heavy (non-hydrogen) atoms. The van der Waals surface area contributed by atoms with Crippen LogP contribution in [0.2, 0.25) is 0 Å². The van der Waals surface area contributed by atoms with Gasteiger partial charge in [0.1, 0.15) is 0 Å². The zero-order valence-electron chi connectivity index (χ0n) is 15.1. The summed E-state index contributed by atoms with van der Waals surface area (Å²) in [7, 11) is 0. The first kappa shape index (κ1) is 15.7. The van der Waals surface area contributed by atoms with E-state index in [2.05, 4.69) is 26.8 Å². The molecule has 0 N–H and O–H groups in total. The van der Waals surface area contributed by atoms with Crippen LogP contribution in [0.15, 0.2) is 23.8 Å². The van der Waals surface area contributed by atoms with Gasteiger partial charge in [-0.1, -0.05) is 45.3 Å². The number of hydrogen-bond acceptors (Lipinski definition) is 1. The van der Waals surface area contributed by atoms with Gasteiger partial charge in [0.2, 0.25) is 0 Å². The highest BCUT2D eigenvalue weighted by Crippen LogP contribution is 2.66. The molecule has 0 aromatic rings. The first-order chi connectivity index (χ1) is 11.0. The Kier molecular flexibility index (Phi) is 3.63. The SMILES string of the molecule is CCC[C@H]1CC[C@H]2[C@@H]3CCC4=CC(=O)C=C[C@]4(C)[C@H]3CC[C@]12C. The Morgan fingerprint density at radius 1 is 1.13 bits per heavy atom. The minimum Gasteiger partial charge on any atom is -0.290 e. The number of fused-ring (bicyclic) bond motifs is 5. The molecule has 1 nitrogen and oxygen atoms in total. The molecule has 3 fully saturated rings. The summed E-state index contributed by atoms with van der Waals surface area (Å²) in [5, 5.41) is 0. The highest BCUT2D eigenvalue weighted by molar-refractivity contribution is 6.01. The van der Waals surface area contributed by atoms with Crippen molar-refractivity contribution < 1.29 is 4.79 Å². The zero-order valence-corrected chi connectivity index (χ0v) is 15.1. The van der Waals surface area contributed by atoms with Crippen molar-refractivity contribution in [1.82, 2.24) is 0 Å². The maximum atomic E-state index is 11.8. The van der Waals surface area contributed by atoms with Crippen LogP contribution in [0.25, 0.3) is 0 Å². The Labute approximate surface area is 141 Å². The monoisotopic (exact) mass is 312 g/mol. The molecule has 0 heterocycles. The molecule has 4 rings (SSSR count). The van der Waals surface area contributed by atoms with Crippen molar-refractivity contribution in [2.45, 2.75) is 72.1 Å². The van der Waals surface area contributed by atoms with Crippen LogP contribution in [0.3, 0.4) is 0 Å². The number of carbonyl (C=O) groups is 1. The number of carbonyl (C=O) groups excluding carboxylic acids is 1. The van der Waals surface area contributed by atoms with Gasteiger partial charge in [-0.2, -0.15) is 0 Å². The van der Waals surface area contributed by atoms with Crippen LogP contribution in [0.4, 0.5) is 0 Å². The molecule has 0 spiro atoms. The van der Waals surface area contributed by atoms with E-state index in [0.717, 1.165) is 30.1 Å². The normalized spacial score (nSPS) is 48.5. The van der Waals surface area contributed by atoms with E-state index in [9.17, 15) is 4.79 Å². The second-order valence-electron chi connectivity index (χ2n) is 9.21. The molecule has 0 bridgehead atoms. The molecule has 0 amide bonds. The summed E-state index contributed by atoms with van der Waals surface area (Å²) in [4.78, 5) is 11.8. The maximum absolute atomic E-state index is 11.8. The Balaban J connectivity index is 1.64. The van der Waals surface area contributed by atoms with Crippen molar-refractivity contribution in [2.24, 2.45) is 34.5 Å². The summed E-state index contributed by atoms with van der Waals surface area (Å²) in [5.74, 6) is 3.76. The first-order valence-electron chi connectivity index (χ1n) is 9.93. The minimum absolute atomic E-state index is 0.168. The largest absolute Gasteiger partial charge is 0.290 e. The molecule has 6 atom stereocenters. The highest BCUT2D eigenvalue weighted by atomic mass is 16.1. The number of ketones is 1. The molecule has 0 aromatic carbocycles. The van der Waals surface area contributed by atoms with Gasteiger partial charge < -0.3 is 0 Å². The van der Waals surface area contributed by atoms with E-state index in [1.165, 1.54) is 50.5 Å². The zero-order chi connectivity index (χ0) is 16.2. The third-order valence-corrected chi connectivity index (χ3v) is 8.39. The van der Waals surface area contributed by atoms with Gasteiger partial charge in [-0.3, -0.25) is 4.79 Å². The molecule has 0 saturated heterocycles. The van der Waals surface area contributed by atoms with Crippen LogP contribution in [0, 0.1) is 34.5 Å². The molecule has 4 aliphatic carbocycles. The number of rotatable bonds is 2. The van der Waals surface area contributed by atoms with Crippen molar-refractivity contribution in [3.05, 3.63) is 23.8 Å². The van der Waals surface area contributed by atoms with Crippen LogP contribution in [0.5, 0.6) is 0 Å². The quantitative estimate of drug-likeness (QED) is 0.638. The van der Waals surface area contributed by atoms with Gasteiger partial charge in [0.05, 0.1) is 0 Å². The van der Waals surface area contributed by atoms with Gasteiger partial charge in [-0.15, -0.1) is 0 Å². The fourth-order valence-corrected chi connectivity index (χ4v) is 7.13. The molecule has 126 valence electrons. The first-order valence-corrected chi connectivity index (χ1v) is 9.93. The molecule has 0 aromatic heterocycles. The van der Waals surface area contributed by atoms with Gasteiger partial charge in [-0.25, -0.2) is 0 Å². The van der Waals surface area contributed by atoms with Crippen LogP contribution in [-0.2, 0) is 4.79 Å². The maximum Gasteiger partial charge on any atom is 0.178 e. The molecule has 1 heteroatoms. The smallest absolute Gasteiger partial charge is 0.178 e. The van der Waals surface area contributed by atoms with Crippen LogP contribution >= 0.6 is 0 Å². The van der Waals surface area contributed by atoms with Crippen LogP contribution < -0.4 is 0 Å². The van der Waals surface area contributed by atoms with Gasteiger partial charge >= 0.3 is 0 Å². The lowest BCUT2D eigenvalue weighted by atomic mass is 9.47. The fourth-order valence-electron chi connectivity index (χ4n) is 7.13. The second kappa shape index (κ2) is 5.33. The summed E-state index contributed by atoms with van der Waals surface area (Å²) in [5.41, 5.74) is 2.20. The van der Waals surface area contributed by atoms with Crippen molar-refractivity contribution in [1.29, 1.82) is 0 Å². The topological polar surface area (TPSA) is 17.1 Å². The summed E-state index contributed by atoms with van der Waals surface area (Å²) in [6, 6.07) is 0. The van der Waals surface area contributed by atoms with E-state index in [1.807, 2.05) is 12.2 Å². The van der Waals surface area contributed by atoms with E-state index < -0.39 is 0 Å². The molecule has 3 saturated carbocycles. The summed E-state index contributed by atoms with van der Waals surface area (Å²) in [6.45, 7) is 7.39. The fraction of sp³-hybridized carbons (Fsp3) is 0.773. The third kappa shape index (κ3) is 2.14. The van der Waals surface area contributed by atoms with E-state index in [0.29, 0.717) is 5.41 Å². The summed E-state index contributed by atoms with van der Waals surface area (Å²) < 4.78 is 0. The Bertz CT molecular complexity index is 571.